The second-order valence-electron chi connectivity index (χ2n) is 5.15. The van der Waals surface area contributed by atoms with Gasteiger partial charge in [-0.25, -0.2) is 0 Å². The minimum atomic E-state index is -0.0182. The number of rotatable bonds is 6. The van der Waals surface area contributed by atoms with Crippen LogP contribution in [0.1, 0.15) is 24.3 Å². The van der Waals surface area contributed by atoms with Crippen molar-refractivity contribution in [2.75, 3.05) is 5.32 Å². The van der Waals surface area contributed by atoms with Crippen molar-refractivity contribution in [3.8, 4) is 0 Å². The summed E-state index contributed by atoms with van der Waals surface area (Å²) >= 11 is 7.49. The molecule has 1 heterocycles. The number of hydrogen-bond donors (Lipinski definition) is 2. The summed E-state index contributed by atoms with van der Waals surface area (Å²) in [5.41, 5.74) is 1.98. The lowest BCUT2D eigenvalue weighted by Crippen LogP contribution is -2.18. The highest BCUT2D eigenvalue weighted by molar-refractivity contribution is 7.16. The Kier molecular flexibility index (Phi) is 5.79. The van der Waals surface area contributed by atoms with E-state index in [4.69, 9.17) is 11.6 Å². The highest BCUT2D eigenvalue weighted by Gasteiger charge is 2.07. The smallest absolute Gasteiger partial charge is 0.226 e. The van der Waals surface area contributed by atoms with Crippen LogP contribution in [0.3, 0.4) is 0 Å². The number of hydrogen-bond acceptors (Lipinski definition) is 3. The van der Waals surface area contributed by atoms with Crippen LogP contribution in [0, 0.1) is 5.92 Å². The van der Waals surface area contributed by atoms with Gasteiger partial charge in [0.15, 0.2) is 0 Å². The molecule has 1 aromatic carbocycles. The van der Waals surface area contributed by atoms with Crippen LogP contribution in [0.5, 0.6) is 0 Å². The zero-order chi connectivity index (χ0) is 15.2. The van der Waals surface area contributed by atoms with Crippen molar-refractivity contribution in [2.45, 2.75) is 26.9 Å². The summed E-state index contributed by atoms with van der Waals surface area (Å²) < 4.78 is 0.810. The molecule has 0 fully saturated rings. The molecule has 0 aliphatic carbocycles. The molecule has 2 aromatic rings. The lowest BCUT2D eigenvalue weighted by atomic mass is 10.1. The summed E-state index contributed by atoms with van der Waals surface area (Å²) in [4.78, 5) is 12.9. The first-order chi connectivity index (χ1) is 10.0. The van der Waals surface area contributed by atoms with E-state index in [1.54, 1.807) is 11.3 Å². The Morgan fingerprint density at radius 3 is 2.71 bits per heavy atom. The van der Waals surface area contributed by atoms with Crippen LogP contribution < -0.4 is 10.6 Å². The average molecular weight is 323 g/mol. The van der Waals surface area contributed by atoms with Gasteiger partial charge in [-0.2, -0.15) is 0 Å². The van der Waals surface area contributed by atoms with Crippen molar-refractivity contribution < 1.29 is 4.79 Å². The van der Waals surface area contributed by atoms with Crippen molar-refractivity contribution in [1.82, 2.24) is 5.32 Å². The van der Waals surface area contributed by atoms with Crippen LogP contribution in [-0.4, -0.2) is 5.91 Å². The normalized spacial score (nSPS) is 10.9. The van der Waals surface area contributed by atoms with Gasteiger partial charge in [0.25, 0.3) is 0 Å². The Morgan fingerprint density at radius 1 is 1.24 bits per heavy atom. The fourth-order valence-corrected chi connectivity index (χ4v) is 2.88. The van der Waals surface area contributed by atoms with E-state index in [0.29, 0.717) is 0 Å². The molecule has 0 atom stereocenters. The molecule has 2 N–H and O–H groups in total. The summed E-state index contributed by atoms with van der Waals surface area (Å²) in [5.74, 6) is 0.0173. The molecule has 0 bridgehead atoms. The second kappa shape index (κ2) is 7.59. The minimum Gasteiger partial charge on any atom is -0.326 e. The Balaban J connectivity index is 1.87. The SMILES string of the molecule is CC(C)C(=O)Nc1cccc(CNCc2ccc(Cl)s2)c1. The van der Waals surface area contributed by atoms with Gasteiger partial charge in [-0.15, -0.1) is 11.3 Å². The molecular formula is C16H19ClN2OS. The molecule has 0 spiro atoms. The first-order valence-corrected chi connectivity index (χ1v) is 8.09. The Hall–Kier alpha value is -1.36. The molecule has 1 aromatic heterocycles. The van der Waals surface area contributed by atoms with Crippen molar-refractivity contribution in [1.29, 1.82) is 0 Å². The van der Waals surface area contributed by atoms with Crippen molar-refractivity contribution in [3.05, 3.63) is 51.2 Å². The third-order valence-corrected chi connectivity index (χ3v) is 4.21. The number of halogens is 1. The van der Waals surface area contributed by atoms with Crippen LogP contribution in [0.15, 0.2) is 36.4 Å². The molecule has 0 radical (unpaired) electrons. The highest BCUT2D eigenvalue weighted by atomic mass is 35.5. The van der Waals surface area contributed by atoms with E-state index in [9.17, 15) is 4.79 Å². The Bertz CT molecular complexity index is 610. The number of nitrogens with one attached hydrogen (secondary N) is 2. The number of thiophene rings is 1. The van der Waals surface area contributed by atoms with E-state index in [0.717, 1.165) is 28.7 Å². The van der Waals surface area contributed by atoms with E-state index >= 15 is 0 Å². The first-order valence-electron chi connectivity index (χ1n) is 6.89. The lowest BCUT2D eigenvalue weighted by Gasteiger charge is -2.09. The fraction of sp³-hybridized carbons (Fsp3) is 0.312. The molecule has 3 nitrogen and oxygen atoms in total. The van der Waals surface area contributed by atoms with E-state index < -0.39 is 0 Å². The third kappa shape index (κ3) is 5.16. The number of anilines is 1. The zero-order valence-corrected chi connectivity index (χ0v) is 13.7. The molecule has 112 valence electrons. The van der Waals surface area contributed by atoms with Gasteiger partial charge < -0.3 is 10.6 Å². The van der Waals surface area contributed by atoms with Crippen molar-refractivity contribution >= 4 is 34.5 Å². The predicted octanol–water partition coefficient (Wildman–Crippen LogP) is 4.29. The maximum absolute atomic E-state index is 11.7. The predicted molar refractivity (Wildman–Crippen MR) is 89.8 cm³/mol. The maximum atomic E-state index is 11.7. The standard InChI is InChI=1S/C16H19ClN2OS/c1-11(2)16(20)19-13-5-3-4-12(8-13)9-18-10-14-6-7-15(17)21-14/h3-8,11,18H,9-10H2,1-2H3,(H,19,20). The Labute approximate surface area is 134 Å². The molecule has 2 rings (SSSR count). The largest absolute Gasteiger partial charge is 0.326 e. The molecule has 0 saturated carbocycles. The summed E-state index contributed by atoms with van der Waals surface area (Å²) in [5, 5.41) is 6.28. The fourth-order valence-electron chi connectivity index (χ4n) is 1.82. The summed E-state index contributed by atoms with van der Waals surface area (Å²) in [6, 6.07) is 11.8. The highest BCUT2D eigenvalue weighted by Crippen LogP contribution is 2.21. The molecular weight excluding hydrogens is 304 g/mol. The van der Waals surface area contributed by atoms with Crippen LogP contribution in [0.2, 0.25) is 4.34 Å². The molecule has 0 aliphatic heterocycles. The quantitative estimate of drug-likeness (QED) is 0.833. The van der Waals surface area contributed by atoms with E-state index in [-0.39, 0.29) is 11.8 Å². The van der Waals surface area contributed by atoms with Gasteiger partial charge in [0.1, 0.15) is 0 Å². The second-order valence-corrected chi connectivity index (χ2v) is 6.95. The van der Waals surface area contributed by atoms with Gasteiger partial charge in [-0.1, -0.05) is 37.6 Å². The van der Waals surface area contributed by atoms with E-state index in [1.807, 2.05) is 50.2 Å². The number of carbonyl (C=O) groups is 1. The van der Waals surface area contributed by atoms with Crippen LogP contribution in [-0.2, 0) is 17.9 Å². The van der Waals surface area contributed by atoms with E-state index in [2.05, 4.69) is 10.6 Å². The Morgan fingerprint density at radius 2 is 2.05 bits per heavy atom. The van der Waals surface area contributed by atoms with Crippen LogP contribution >= 0.6 is 22.9 Å². The van der Waals surface area contributed by atoms with Crippen LogP contribution in [0.25, 0.3) is 0 Å². The topological polar surface area (TPSA) is 41.1 Å². The van der Waals surface area contributed by atoms with Gasteiger partial charge in [0, 0.05) is 29.6 Å². The number of amides is 1. The van der Waals surface area contributed by atoms with Gasteiger partial charge in [0.05, 0.1) is 4.34 Å². The van der Waals surface area contributed by atoms with Gasteiger partial charge in [-0.3, -0.25) is 4.79 Å². The first kappa shape index (κ1) is 16.0. The summed E-state index contributed by atoms with van der Waals surface area (Å²) in [7, 11) is 0. The van der Waals surface area contributed by atoms with Crippen molar-refractivity contribution in [2.24, 2.45) is 5.92 Å². The average Bonchev–Trinajstić information content (AvgIpc) is 2.85. The van der Waals surface area contributed by atoms with Gasteiger partial charge >= 0.3 is 0 Å². The maximum Gasteiger partial charge on any atom is 0.226 e. The van der Waals surface area contributed by atoms with Gasteiger partial charge in [-0.05, 0) is 29.8 Å². The molecule has 0 unspecified atom stereocenters. The third-order valence-electron chi connectivity index (χ3n) is 2.98. The molecule has 0 aliphatic rings. The van der Waals surface area contributed by atoms with Crippen LogP contribution in [0.4, 0.5) is 5.69 Å². The number of carbonyl (C=O) groups excluding carboxylic acids is 1. The summed E-state index contributed by atoms with van der Waals surface area (Å²) in [6.45, 7) is 5.31. The minimum absolute atomic E-state index is 0.0182. The molecule has 1 amide bonds. The summed E-state index contributed by atoms with van der Waals surface area (Å²) in [6.07, 6.45) is 0. The number of benzene rings is 1. The monoisotopic (exact) mass is 322 g/mol. The molecule has 0 saturated heterocycles. The van der Waals surface area contributed by atoms with Crippen molar-refractivity contribution in [3.63, 3.8) is 0 Å². The van der Waals surface area contributed by atoms with Gasteiger partial charge in [0.2, 0.25) is 5.91 Å². The molecule has 5 heteroatoms. The zero-order valence-electron chi connectivity index (χ0n) is 12.2. The van der Waals surface area contributed by atoms with E-state index in [1.165, 1.54) is 4.88 Å². The lowest BCUT2D eigenvalue weighted by molar-refractivity contribution is -0.118. The molecule has 21 heavy (non-hydrogen) atoms.